The van der Waals surface area contributed by atoms with Crippen molar-refractivity contribution in [3.8, 4) is 0 Å². The topological polar surface area (TPSA) is 60.4 Å². The molecule has 0 N–H and O–H groups in total. The number of hydrogen-bond acceptors (Lipinski definition) is 5. The van der Waals surface area contributed by atoms with Crippen molar-refractivity contribution >= 4 is 27.1 Å². The molecule has 0 amide bonds. The van der Waals surface area contributed by atoms with Crippen LogP contribution in [0.4, 0.5) is 0 Å². The van der Waals surface area contributed by atoms with E-state index in [4.69, 9.17) is 4.74 Å². The van der Waals surface area contributed by atoms with Gasteiger partial charge in [0.1, 0.15) is 10.3 Å². The lowest BCUT2D eigenvalue weighted by molar-refractivity contribution is 0.0280. The van der Waals surface area contributed by atoms with Gasteiger partial charge >= 0.3 is 5.97 Å². The Morgan fingerprint density at radius 2 is 1.95 bits per heavy atom. The molecule has 104 valence electrons. The summed E-state index contributed by atoms with van der Waals surface area (Å²) in [4.78, 5) is 12.0. The van der Waals surface area contributed by atoms with Gasteiger partial charge in [0.05, 0.1) is 11.3 Å². The number of benzene rings is 1. The minimum Gasteiger partial charge on any atom is -0.454 e. The summed E-state index contributed by atoms with van der Waals surface area (Å²) in [5.74, 6) is -0.403. The molecule has 1 aliphatic rings. The smallest absolute Gasteiger partial charge is 0.338 e. The fourth-order valence-corrected chi connectivity index (χ4v) is 5.15. The highest BCUT2D eigenvalue weighted by Crippen LogP contribution is 2.38. The molecule has 6 heteroatoms. The highest BCUT2D eigenvalue weighted by Gasteiger charge is 2.33. The minimum absolute atomic E-state index is 0.0211. The van der Waals surface area contributed by atoms with E-state index in [-0.39, 0.29) is 5.75 Å². The third-order valence-electron chi connectivity index (χ3n) is 3.20. The molecule has 0 aliphatic carbocycles. The summed E-state index contributed by atoms with van der Waals surface area (Å²) < 4.78 is 29.6. The number of ether oxygens (including phenoxy) is 1. The maximum atomic E-state index is 12.0. The summed E-state index contributed by atoms with van der Waals surface area (Å²) in [6, 6.07) is 10.4. The highest BCUT2D eigenvalue weighted by molar-refractivity contribution is 7.93. The van der Waals surface area contributed by atoms with E-state index in [1.165, 1.54) is 11.3 Å². The summed E-state index contributed by atoms with van der Waals surface area (Å²) in [6.45, 7) is 0. The molecule has 1 aromatic carbocycles. The predicted molar refractivity (Wildman–Crippen MR) is 75.6 cm³/mol. The zero-order valence-corrected chi connectivity index (χ0v) is 12.1. The Hall–Kier alpha value is -1.66. The first-order chi connectivity index (χ1) is 9.58. The van der Waals surface area contributed by atoms with Crippen molar-refractivity contribution in [1.82, 2.24) is 0 Å². The maximum absolute atomic E-state index is 12.0. The summed E-state index contributed by atoms with van der Waals surface area (Å²) in [6.07, 6.45) is -0.169. The first-order valence-corrected chi connectivity index (χ1v) is 8.67. The van der Waals surface area contributed by atoms with Gasteiger partial charge in [-0.3, -0.25) is 0 Å². The molecule has 0 spiro atoms. The molecule has 1 aliphatic heterocycles. The molecule has 2 heterocycles. The van der Waals surface area contributed by atoms with Crippen LogP contribution in [0.5, 0.6) is 0 Å². The fourth-order valence-electron chi connectivity index (χ4n) is 2.20. The fraction of sp³-hybridized carbons (Fsp3) is 0.214. The monoisotopic (exact) mass is 308 g/mol. The molecule has 0 saturated heterocycles. The van der Waals surface area contributed by atoms with Crippen LogP contribution < -0.4 is 0 Å². The van der Waals surface area contributed by atoms with Crippen molar-refractivity contribution in [2.45, 2.75) is 16.7 Å². The van der Waals surface area contributed by atoms with Crippen molar-refractivity contribution in [3.63, 3.8) is 0 Å². The predicted octanol–water partition coefficient (Wildman–Crippen LogP) is 2.82. The van der Waals surface area contributed by atoms with Crippen LogP contribution in [-0.2, 0) is 14.6 Å². The zero-order chi connectivity index (χ0) is 14.2. The van der Waals surface area contributed by atoms with Crippen LogP contribution in [0.3, 0.4) is 0 Å². The van der Waals surface area contributed by atoms with Crippen LogP contribution in [0.15, 0.2) is 46.0 Å². The van der Waals surface area contributed by atoms with E-state index >= 15 is 0 Å². The Morgan fingerprint density at radius 1 is 1.20 bits per heavy atom. The quantitative estimate of drug-likeness (QED) is 0.800. The summed E-state index contributed by atoms with van der Waals surface area (Å²) in [7, 11) is -3.20. The van der Waals surface area contributed by atoms with Crippen molar-refractivity contribution in [1.29, 1.82) is 0 Å². The normalized spacial score (nSPS) is 20.1. The van der Waals surface area contributed by atoms with Gasteiger partial charge < -0.3 is 4.74 Å². The lowest BCUT2D eigenvalue weighted by atomic mass is 10.1. The van der Waals surface area contributed by atoms with E-state index in [0.717, 1.165) is 0 Å². The van der Waals surface area contributed by atoms with Gasteiger partial charge in [0, 0.05) is 12.0 Å². The molecule has 20 heavy (non-hydrogen) atoms. The molecule has 2 aromatic rings. The molecule has 0 bridgehead atoms. The minimum atomic E-state index is -3.20. The van der Waals surface area contributed by atoms with Gasteiger partial charge in [0.25, 0.3) is 0 Å². The first-order valence-electron chi connectivity index (χ1n) is 6.14. The number of fused-ring (bicyclic) bond motifs is 1. The molecule has 0 unspecified atom stereocenters. The number of carbonyl (C=O) groups is 1. The first kappa shape index (κ1) is 13.3. The lowest BCUT2D eigenvalue weighted by Crippen LogP contribution is -2.22. The SMILES string of the molecule is O=C(O[C@@H]1CCS(=O)(=O)c2sccc21)c1ccccc1. The van der Waals surface area contributed by atoms with Gasteiger partial charge in [-0.2, -0.15) is 0 Å². The maximum Gasteiger partial charge on any atom is 0.338 e. The van der Waals surface area contributed by atoms with E-state index in [0.29, 0.717) is 21.8 Å². The van der Waals surface area contributed by atoms with Crippen molar-refractivity contribution in [3.05, 3.63) is 52.9 Å². The van der Waals surface area contributed by atoms with Crippen molar-refractivity contribution < 1.29 is 17.9 Å². The summed E-state index contributed by atoms with van der Waals surface area (Å²) >= 11 is 1.18. The molecule has 1 atom stereocenters. The van der Waals surface area contributed by atoms with Crippen LogP contribution in [0.1, 0.15) is 28.4 Å². The molecule has 4 nitrogen and oxygen atoms in total. The van der Waals surface area contributed by atoms with E-state index < -0.39 is 21.9 Å². The van der Waals surface area contributed by atoms with Crippen molar-refractivity contribution in [2.24, 2.45) is 0 Å². The average Bonchev–Trinajstić information content (AvgIpc) is 2.94. The van der Waals surface area contributed by atoms with Crippen LogP contribution >= 0.6 is 11.3 Å². The third kappa shape index (κ3) is 2.36. The van der Waals surface area contributed by atoms with Crippen LogP contribution in [0.2, 0.25) is 0 Å². The number of sulfone groups is 1. The third-order valence-corrected chi connectivity index (χ3v) is 6.54. The Morgan fingerprint density at radius 3 is 2.70 bits per heavy atom. The second kappa shape index (κ2) is 5.03. The van der Waals surface area contributed by atoms with Gasteiger partial charge in [0.2, 0.25) is 0 Å². The van der Waals surface area contributed by atoms with Crippen LogP contribution in [0.25, 0.3) is 0 Å². The number of hydrogen-bond donors (Lipinski definition) is 0. The molecule has 0 saturated carbocycles. The average molecular weight is 308 g/mol. The number of carbonyl (C=O) groups excluding carboxylic acids is 1. The van der Waals surface area contributed by atoms with Crippen LogP contribution in [0, 0.1) is 0 Å². The number of rotatable bonds is 2. The number of esters is 1. The van der Waals surface area contributed by atoms with Crippen LogP contribution in [-0.4, -0.2) is 20.1 Å². The van der Waals surface area contributed by atoms with E-state index in [1.807, 2.05) is 6.07 Å². The molecular formula is C14H12O4S2. The van der Waals surface area contributed by atoms with Gasteiger partial charge in [-0.05, 0) is 23.6 Å². The molecule has 0 fully saturated rings. The highest BCUT2D eigenvalue weighted by atomic mass is 32.2. The Bertz CT molecular complexity index is 732. The van der Waals surface area contributed by atoms with E-state index in [2.05, 4.69) is 0 Å². The number of thiophene rings is 1. The lowest BCUT2D eigenvalue weighted by Gasteiger charge is -2.22. The van der Waals surface area contributed by atoms with Gasteiger partial charge in [-0.15, -0.1) is 11.3 Å². The van der Waals surface area contributed by atoms with E-state index in [9.17, 15) is 13.2 Å². The summed E-state index contributed by atoms with van der Waals surface area (Å²) in [5.41, 5.74) is 1.07. The second-order valence-corrected chi connectivity index (χ2v) is 7.75. The molecular weight excluding hydrogens is 296 g/mol. The zero-order valence-electron chi connectivity index (χ0n) is 10.5. The Labute approximate surface area is 120 Å². The van der Waals surface area contributed by atoms with Crippen molar-refractivity contribution in [2.75, 3.05) is 5.75 Å². The van der Waals surface area contributed by atoms with Gasteiger partial charge in [-0.1, -0.05) is 18.2 Å². The van der Waals surface area contributed by atoms with Gasteiger partial charge in [0.15, 0.2) is 9.84 Å². The Balaban J connectivity index is 1.86. The second-order valence-electron chi connectivity index (χ2n) is 4.53. The molecule has 0 radical (unpaired) electrons. The van der Waals surface area contributed by atoms with E-state index in [1.54, 1.807) is 35.7 Å². The largest absolute Gasteiger partial charge is 0.454 e. The molecule has 3 rings (SSSR count). The Kier molecular flexibility index (Phi) is 3.35. The van der Waals surface area contributed by atoms with Gasteiger partial charge in [-0.25, -0.2) is 13.2 Å². The molecule has 1 aromatic heterocycles. The standard InChI is InChI=1S/C14H12O4S2/c15-13(10-4-2-1-3-5-10)18-12-7-9-20(16,17)14-11(12)6-8-19-14/h1-6,8,12H,7,9H2/t12-/m1/s1. The summed E-state index contributed by atoms with van der Waals surface area (Å²) in [5, 5.41) is 1.72.